The smallest absolute Gasteiger partial charge is 0.490 e. The first-order valence-electron chi connectivity index (χ1n) is 14.4. The predicted octanol–water partition coefficient (Wildman–Crippen LogP) is 4.58. The summed E-state index contributed by atoms with van der Waals surface area (Å²) in [5.74, 6) is -6.92. The van der Waals surface area contributed by atoms with Gasteiger partial charge in [0.1, 0.15) is 18.1 Å². The van der Waals surface area contributed by atoms with Crippen LogP contribution in [0.1, 0.15) is 11.1 Å². The van der Waals surface area contributed by atoms with E-state index < -0.39 is 36.4 Å². The van der Waals surface area contributed by atoms with E-state index in [9.17, 15) is 44.3 Å². The maximum absolute atomic E-state index is 13.1. The molecule has 0 fully saturated rings. The number of carbonyl (C=O) groups excluding carboxylic acids is 1. The molecular formula is C30H32F9N5O9. The number of hydrogen-bond acceptors (Lipinski definition) is 9. The minimum absolute atomic E-state index is 0.0907. The second kappa shape index (κ2) is 19.9. The maximum Gasteiger partial charge on any atom is 0.490 e. The predicted molar refractivity (Wildman–Crippen MR) is 165 cm³/mol. The lowest BCUT2D eigenvalue weighted by molar-refractivity contribution is -0.193. The Kier molecular flexibility index (Phi) is 17.0. The highest BCUT2D eigenvalue weighted by atomic mass is 19.4. The number of rotatable bonds is 8. The molecule has 294 valence electrons. The Morgan fingerprint density at radius 1 is 0.849 bits per heavy atom. The third-order valence-corrected chi connectivity index (χ3v) is 6.29. The van der Waals surface area contributed by atoms with E-state index in [4.69, 9.17) is 39.2 Å². The minimum atomic E-state index is -5.08. The molecule has 1 aliphatic heterocycles. The van der Waals surface area contributed by atoms with Gasteiger partial charge in [0.25, 0.3) is 0 Å². The van der Waals surface area contributed by atoms with Crippen LogP contribution in [0.3, 0.4) is 0 Å². The Hall–Kier alpha value is -5.58. The van der Waals surface area contributed by atoms with Crippen LogP contribution in [-0.4, -0.2) is 113 Å². The van der Waals surface area contributed by atoms with Crippen LogP contribution < -0.4 is 20.1 Å². The number of aromatic amines is 1. The van der Waals surface area contributed by atoms with Gasteiger partial charge in [-0.05, 0) is 61.5 Å². The van der Waals surface area contributed by atoms with Gasteiger partial charge in [0, 0.05) is 24.8 Å². The summed E-state index contributed by atoms with van der Waals surface area (Å²) in [4.78, 5) is 41.8. The number of methoxy groups -OCH3 is 1. The van der Waals surface area contributed by atoms with Gasteiger partial charge in [0.15, 0.2) is 0 Å². The van der Waals surface area contributed by atoms with Crippen molar-refractivity contribution in [1.82, 2.24) is 20.4 Å². The van der Waals surface area contributed by atoms with Crippen molar-refractivity contribution >= 4 is 29.5 Å². The van der Waals surface area contributed by atoms with Gasteiger partial charge in [-0.1, -0.05) is 12.1 Å². The van der Waals surface area contributed by atoms with Crippen molar-refractivity contribution in [2.24, 2.45) is 0 Å². The number of aromatic nitrogens is 2. The third-order valence-electron chi connectivity index (χ3n) is 6.29. The summed E-state index contributed by atoms with van der Waals surface area (Å²) < 4.78 is 107. The standard InChI is InChI=1S/C24H29N5O3.3C2HF3O2/c1-29(2)8-9-32-23-12-16(19-14-26-27-15-19)5-7-21(23)28-24(30)22-11-18-10-20(31-3)6-4-17(18)13-25-22;3*3-2(4,5)1(6)7/h4-7,10,12,14-15,22,25H,8-9,11,13H2,1-3H3,(H,26,27)(H,28,30);3*(H,6,7). The van der Waals surface area contributed by atoms with Crippen molar-refractivity contribution in [2.45, 2.75) is 37.5 Å². The Morgan fingerprint density at radius 2 is 1.40 bits per heavy atom. The number of halogens is 9. The average molecular weight is 778 g/mol. The molecule has 1 atom stereocenters. The van der Waals surface area contributed by atoms with Crippen LogP contribution in [0.25, 0.3) is 11.1 Å². The maximum atomic E-state index is 13.1. The highest BCUT2D eigenvalue weighted by Crippen LogP contribution is 2.31. The van der Waals surface area contributed by atoms with E-state index >= 15 is 0 Å². The van der Waals surface area contributed by atoms with Crippen molar-refractivity contribution in [1.29, 1.82) is 0 Å². The zero-order valence-electron chi connectivity index (χ0n) is 27.6. The highest BCUT2D eigenvalue weighted by Gasteiger charge is 2.39. The monoisotopic (exact) mass is 777 g/mol. The first-order chi connectivity index (χ1) is 24.4. The highest BCUT2D eigenvalue weighted by molar-refractivity contribution is 5.97. The summed E-state index contributed by atoms with van der Waals surface area (Å²) in [6, 6.07) is 11.4. The van der Waals surface area contributed by atoms with Crippen molar-refractivity contribution in [3.05, 3.63) is 59.9 Å². The molecule has 0 bridgehead atoms. The Morgan fingerprint density at radius 3 is 1.85 bits per heavy atom. The number of H-pyrrole nitrogens is 1. The van der Waals surface area contributed by atoms with Crippen LogP contribution >= 0.6 is 0 Å². The third kappa shape index (κ3) is 16.5. The zero-order valence-corrected chi connectivity index (χ0v) is 27.6. The van der Waals surface area contributed by atoms with Crippen molar-refractivity contribution in [3.8, 4) is 22.6 Å². The largest absolute Gasteiger partial charge is 0.497 e. The van der Waals surface area contributed by atoms with Gasteiger partial charge < -0.3 is 40.3 Å². The minimum Gasteiger partial charge on any atom is -0.497 e. The van der Waals surface area contributed by atoms with E-state index in [-0.39, 0.29) is 11.9 Å². The Labute approximate surface area is 293 Å². The molecule has 6 N–H and O–H groups in total. The molecule has 1 aliphatic rings. The van der Waals surface area contributed by atoms with Gasteiger partial charge in [-0.2, -0.15) is 44.6 Å². The van der Waals surface area contributed by atoms with Crippen LogP contribution in [0.15, 0.2) is 48.8 Å². The van der Waals surface area contributed by atoms with E-state index in [1.54, 1.807) is 13.3 Å². The summed E-state index contributed by atoms with van der Waals surface area (Å²) in [5.41, 5.74) is 4.89. The Balaban J connectivity index is 0.000000545. The average Bonchev–Trinajstić information content (AvgIpc) is 3.59. The van der Waals surface area contributed by atoms with E-state index in [1.807, 2.05) is 56.7 Å². The normalized spacial score (nSPS) is 13.7. The molecule has 4 rings (SSSR count). The second-order valence-electron chi connectivity index (χ2n) is 10.5. The summed E-state index contributed by atoms with van der Waals surface area (Å²) in [5, 5.41) is 34.6. The number of nitrogens with zero attached hydrogens (tertiary/aromatic N) is 2. The number of nitrogens with one attached hydrogen (secondary N) is 3. The molecule has 1 amide bonds. The van der Waals surface area contributed by atoms with Crippen LogP contribution in [0.5, 0.6) is 11.5 Å². The number of carboxylic acids is 3. The lowest BCUT2D eigenvalue weighted by Gasteiger charge is -2.26. The van der Waals surface area contributed by atoms with E-state index in [1.165, 1.54) is 5.56 Å². The first-order valence-corrected chi connectivity index (χ1v) is 14.4. The number of anilines is 1. The molecule has 2 aromatic carbocycles. The summed E-state index contributed by atoms with van der Waals surface area (Å²) in [7, 11) is 5.64. The van der Waals surface area contributed by atoms with Gasteiger partial charge in [0.05, 0.1) is 25.0 Å². The van der Waals surface area contributed by atoms with Crippen molar-refractivity contribution < 1.29 is 83.5 Å². The molecule has 0 aliphatic carbocycles. The quantitative estimate of drug-likeness (QED) is 0.174. The fourth-order valence-electron chi connectivity index (χ4n) is 3.69. The number of carboxylic acid groups (broad SMARTS) is 3. The van der Waals surface area contributed by atoms with Gasteiger partial charge in [0.2, 0.25) is 5.91 Å². The first kappa shape index (κ1) is 45.4. The number of hydrogen-bond donors (Lipinski definition) is 6. The Bertz CT molecular complexity index is 1610. The van der Waals surface area contributed by atoms with Gasteiger partial charge >= 0.3 is 36.4 Å². The van der Waals surface area contributed by atoms with Crippen molar-refractivity contribution in [2.75, 3.05) is 39.7 Å². The molecule has 1 aromatic heterocycles. The van der Waals surface area contributed by atoms with E-state index in [0.717, 1.165) is 29.0 Å². The lowest BCUT2D eigenvalue weighted by atomic mass is 9.95. The number of fused-ring (bicyclic) bond motifs is 1. The molecule has 0 saturated carbocycles. The lowest BCUT2D eigenvalue weighted by Crippen LogP contribution is -2.44. The van der Waals surface area contributed by atoms with E-state index in [2.05, 4.69) is 25.7 Å². The van der Waals surface area contributed by atoms with Crippen LogP contribution in [0.2, 0.25) is 0 Å². The fourth-order valence-corrected chi connectivity index (χ4v) is 3.69. The molecule has 2 heterocycles. The topological polar surface area (TPSA) is 203 Å². The molecule has 3 aromatic rings. The van der Waals surface area contributed by atoms with E-state index in [0.29, 0.717) is 31.0 Å². The number of aliphatic carboxylic acids is 3. The molecule has 0 spiro atoms. The molecule has 23 heteroatoms. The SMILES string of the molecule is COc1ccc2c(c1)CC(C(=O)Nc1ccc(-c3cn[nH]c3)cc1OCCN(C)C)NC2.O=C(O)C(F)(F)F.O=C(O)C(F)(F)F.O=C(O)C(F)(F)F. The number of benzene rings is 2. The second-order valence-corrected chi connectivity index (χ2v) is 10.5. The summed E-state index contributed by atoms with van der Waals surface area (Å²) in [6.07, 6.45) is -11.1. The number of amides is 1. The molecule has 14 nitrogen and oxygen atoms in total. The van der Waals surface area contributed by atoms with Crippen LogP contribution in [0.4, 0.5) is 45.2 Å². The molecular weight excluding hydrogens is 745 g/mol. The number of likely N-dealkylation sites (N-methyl/N-ethyl adjacent to an activating group) is 1. The van der Waals surface area contributed by atoms with Crippen LogP contribution in [0, 0.1) is 0 Å². The number of carbonyl (C=O) groups is 4. The van der Waals surface area contributed by atoms with Gasteiger partial charge in [-0.3, -0.25) is 9.89 Å². The summed E-state index contributed by atoms with van der Waals surface area (Å²) >= 11 is 0. The molecule has 0 radical (unpaired) electrons. The fraction of sp³-hybridized carbons (Fsp3) is 0.367. The van der Waals surface area contributed by atoms with Crippen LogP contribution in [-0.2, 0) is 32.1 Å². The van der Waals surface area contributed by atoms with Gasteiger partial charge in [-0.15, -0.1) is 0 Å². The molecule has 1 unspecified atom stereocenters. The van der Waals surface area contributed by atoms with Gasteiger partial charge in [-0.25, -0.2) is 14.4 Å². The molecule has 0 saturated heterocycles. The zero-order chi connectivity index (χ0) is 40.7. The summed E-state index contributed by atoms with van der Waals surface area (Å²) in [6.45, 7) is 1.93. The number of alkyl halides is 9. The number of ether oxygens (including phenoxy) is 2. The molecule has 53 heavy (non-hydrogen) atoms. The van der Waals surface area contributed by atoms with Crippen molar-refractivity contribution in [3.63, 3.8) is 0 Å².